The lowest BCUT2D eigenvalue weighted by atomic mass is 9.98. The van der Waals surface area contributed by atoms with Crippen LogP contribution in [0.25, 0.3) is 21.9 Å². The van der Waals surface area contributed by atoms with E-state index in [-0.39, 0.29) is 0 Å². The fourth-order valence-corrected chi connectivity index (χ4v) is 2.19. The molecule has 3 nitrogen and oxygen atoms in total. The molecule has 3 heteroatoms. The summed E-state index contributed by atoms with van der Waals surface area (Å²) in [5, 5.41) is 2.24. The average molecular weight is 248 g/mol. The van der Waals surface area contributed by atoms with Gasteiger partial charge in [-0.1, -0.05) is 30.3 Å². The van der Waals surface area contributed by atoms with E-state index in [1.165, 1.54) is 0 Å². The second-order valence-corrected chi connectivity index (χ2v) is 4.34. The van der Waals surface area contributed by atoms with Crippen molar-refractivity contribution < 1.29 is 4.79 Å². The van der Waals surface area contributed by atoms with Crippen molar-refractivity contribution in [2.24, 2.45) is 5.73 Å². The van der Waals surface area contributed by atoms with Gasteiger partial charge in [0.15, 0.2) is 0 Å². The number of carbonyl (C=O) groups excluding carboxylic acids is 1. The third-order valence-corrected chi connectivity index (χ3v) is 3.16. The normalized spacial score (nSPS) is 10.5. The van der Waals surface area contributed by atoms with Gasteiger partial charge in [-0.2, -0.15) is 0 Å². The zero-order valence-corrected chi connectivity index (χ0v) is 10.2. The minimum Gasteiger partial charge on any atom is -0.366 e. The van der Waals surface area contributed by atoms with Crippen LogP contribution in [0.1, 0.15) is 10.4 Å². The molecular weight excluding hydrogens is 236 g/mol. The van der Waals surface area contributed by atoms with Gasteiger partial charge in [-0.3, -0.25) is 9.78 Å². The SMILES string of the molecule is NC(=O)c1ccc(-c2cccc3cnccc23)cc1. The first kappa shape index (κ1) is 11.4. The van der Waals surface area contributed by atoms with E-state index in [0.717, 1.165) is 21.9 Å². The molecule has 92 valence electrons. The highest BCUT2D eigenvalue weighted by molar-refractivity contribution is 5.97. The van der Waals surface area contributed by atoms with Gasteiger partial charge in [0.1, 0.15) is 0 Å². The third-order valence-electron chi connectivity index (χ3n) is 3.16. The molecule has 1 heterocycles. The molecule has 0 aliphatic carbocycles. The molecule has 0 aliphatic heterocycles. The average Bonchev–Trinajstić information content (AvgIpc) is 2.47. The molecule has 1 aromatic heterocycles. The highest BCUT2D eigenvalue weighted by Crippen LogP contribution is 2.28. The first-order chi connectivity index (χ1) is 9.25. The van der Waals surface area contributed by atoms with Crippen molar-refractivity contribution >= 4 is 16.7 Å². The summed E-state index contributed by atoms with van der Waals surface area (Å²) < 4.78 is 0. The Hall–Kier alpha value is -2.68. The summed E-state index contributed by atoms with van der Waals surface area (Å²) in [6, 6.07) is 15.4. The molecule has 1 amide bonds. The highest BCUT2D eigenvalue weighted by atomic mass is 16.1. The van der Waals surface area contributed by atoms with Crippen molar-refractivity contribution in [3.8, 4) is 11.1 Å². The Bertz CT molecular complexity index is 743. The molecule has 2 N–H and O–H groups in total. The van der Waals surface area contributed by atoms with Crippen LogP contribution in [-0.4, -0.2) is 10.9 Å². The summed E-state index contributed by atoms with van der Waals surface area (Å²) in [7, 11) is 0. The van der Waals surface area contributed by atoms with Gasteiger partial charge in [-0.25, -0.2) is 0 Å². The van der Waals surface area contributed by atoms with Crippen LogP contribution in [0.5, 0.6) is 0 Å². The molecule has 0 saturated carbocycles. The molecular formula is C16H12N2O. The molecule has 3 aromatic rings. The van der Waals surface area contributed by atoms with Gasteiger partial charge in [0.05, 0.1) is 0 Å². The van der Waals surface area contributed by atoms with Crippen molar-refractivity contribution in [3.05, 3.63) is 66.5 Å². The van der Waals surface area contributed by atoms with Gasteiger partial charge in [0, 0.05) is 23.3 Å². The smallest absolute Gasteiger partial charge is 0.248 e. The number of nitrogens with zero attached hydrogens (tertiary/aromatic N) is 1. The monoisotopic (exact) mass is 248 g/mol. The number of benzene rings is 2. The largest absolute Gasteiger partial charge is 0.366 e. The summed E-state index contributed by atoms with van der Waals surface area (Å²) in [6.07, 6.45) is 3.63. The van der Waals surface area contributed by atoms with E-state index in [1.54, 1.807) is 18.3 Å². The van der Waals surface area contributed by atoms with Crippen molar-refractivity contribution in [3.63, 3.8) is 0 Å². The van der Waals surface area contributed by atoms with Crippen LogP contribution < -0.4 is 5.73 Å². The minimum atomic E-state index is -0.409. The summed E-state index contributed by atoms with van der Waals surface area (Å²) in [6.45, 7) is 0. The van der Waals surface area contributed by atoms with Gasteiger partial charge in [0.2, 0.25) is 5.91 Å². The van der Waals surface area contributed by atoms with Crippen molar-refractivity contribution in [2.45, 2.75) is 0 Å². The predicted molar refractivity (Wildman–Crippen MR) is 75.7 cm³/mol. The van der Waals surface area contributed by atoms with Crippen LogP contribution in [0.15, 0.2) is 60.9 Å². The van der Waals surface area contributed by atoms with E-state index in [9.17, 15) is 4.79 Å². The number of rotatable bonds is 2. The standard InChI is InChI=1S/C16H12N2O/c17-16(19)12-6-4-11(5-7-12)14-3-1-2-13-10-18-9-8-15(13)14/h1-10H,(H2,17,19). The lowest BCUT2D eigenvalue weighted by Crippen LogP contribution is -2.10. The number of pyridine rings is 1. The number of hydrogen-bond acceptors (Lipinski definition) is 2. The van der Waals surface area contributed by atoms with E-state index < -0.39 is 5.91 Å². The first-order valence-corrected chi connectivity index (χ1v) is 5.99. The van der Waals surface area contributed by atoms with Crippen molar-refractivity contribution in [2.75, 3.05) is 0 Å². The minimum absolute atomic E-state index is 0.409. The Morgan fingerprint density at radius 3 is 2.53 bits per heavy atom. The molecule has 2 aromatic carbocycles. The predicted octanol–water partition coefficient (Wildman–Crippen LogP) is 3.00. The molecule has 0 fully saturated rings. The number of primary amides is 1. The van der Waals surface area contributed by atoms with Gasteiger partial charge in [-0.15, -0.1) is 0 Å². The fraction of sp³-hybridized carbons (Fsp3) is 0. The van der Waals surface area contributed by atoms with Gasteiger partial charge in [-0.05, 0) is 34.7 Å². The second kappa shape index (κ2) is 4.53. The topological polar surface area (TPSA) is 56.0 Å². The maximum atomic E-state index is 11.1. The number of aromatic nitrogens is 1. The second-order valence-electron chi connectivity index (χ2n) is 4.34. The maximum Gasteiger partial charge on any atom is 0.248 e. The van der Waals surface area contributed by atoms with E-state index in [0.29, 0.717) is 5.56 Å². The van der Waals surface area contributed by atoms with Crippen LogP contribution in [0, 0.1) is 0 Å². The third kappa shape index (κ3) is 2.06. The molecule has 0 atom stereocenters. The Morgan fingerprint density at radius 2 is 1.79 bits per heavy atom. The zero-order valence-electron chi connectivity index (χ0n) is 10.2. The van der Waals surface area contributed by atoms with Crippen molar-refractivity contribution in [1.82, 2.24) is 4.98 Å². The number of hydrogen-bond donors (Lipinski definition) is 1. The maximum absolute atomic E-state index is 11.1. The van der Waals surface area contributed by atoms with E-state index in [1.807, 2.05) is 36.5 Å². The number of fused-ring (bicyclic) bond motifs is 1. The number of nitrogens with two attached hydrogens (primary N) is 1. The van der Waals surface area contributed by atoms with Crippen LogP contribution in [0.4, 0.5) is 0 Å². The van der Waals surface area contributed by atoms with Gasteiger partial charge in [0.25, 0.3) is 0 Å². The number of amides is 1. The summed E-state index contributed by atoms with van der Waals surface area (Å²) >= 11 is 0. The molecule has 3 rings (SSSR count). The van der Waals surface area contributed by atoms with E-state index in [4.69, 9.17) is 5.73 Å². The van der Waals surface area contributed by atoms with Crippen LogP contribution in [0.2, 0.25) is 0 Å². The van der Waals surface area contributed by atoms with E-state index >= 15 is 0 Å². The Labute approximate surface area is 110 Å². The summed E-state index contributed by atoms with van der Waals surface area (Å²) in [4.78, 5) is 15.2. The number of carbonyl (C=O) groups is 1. The highest BCUT2D eigenvalue weighted by Gasteiger charge is 2.05. The Kier molecular flexibility index (Phi) is 2.72. The lowest BCUT2D eigenvalue weighted by molar-refractivity contribution is 0.100. The Morgan fingerprint density at radius 1 is 1.00 bits per heavy atom. The fourth-order valence-electron chi connectivity index (χ4n) is 2.19. The molecule has 0 bridgehead atoms. The quantitative estimate of drug-likeness (QED) is 0.758. The molecule has 0 saturated heterocycles. The summed E-state index contributed by atoms with van der Waals surface area (Å²) in [5.41, 5.74) is 7.94. The van der Waals surface area contributed by atoms with Crippen LogP contribution >= 0.6 is 0 Å². The molecule has 0 unspecified atom stereocenters. The molecule has 0 aliphatic rings. The molecule has 0 radical (unpaired) electrons. The van der Waals surface area contributed by atoms with E-state index in [2.05, 4.69) is 11.1 Å². The summed E-state index contributed by atoms with van der Waals surface area (Å²) in [5.74, 6) is -0.409. The van der Waals surface area contributed by atoms with Crippen molar-refractivity contribution in [1.29, 1.82) is 0 Å². The molecule has 19 heavy (non-hydrogen) atoms. The lowest BCUT2D eigenvalue weighted by Gasteiger charge is -2.07. The van der Waals surface area contributed by atoms with Crippen LogP contribution in [-0.2, 0) is 0 Å². The molecule has 0 spiro atoms. The Balaban J connectivity index is 2.16. The van der Waals surface area contributed by atoms with Gasteiger partial charge >= 0.3 is 0 Å². The van der Waals surface area contributed by atoms with Gasteiger partial charge < -0.3 is 5.73 Å². The van der Waals surface area contributed by atoms with Crippen LogP contribution in [0.3, 0.4) is 0 Å². The first-order valence-electron chi connectivity index (χ1n) is 5.99. The zero-order chi connectivity index (χ0) is 13.2.